The van der Waals surface area contributed by atoms with E-state index in [-0.39, 0.29) is 56.1 Å². The molecule has 54 heavy (non-hydrogen) atoms. The fraction of sp³-hybridized carbons (Fsp3) is 0.651. The third kappa shape index (κ3) is 21.4. The van der Waals surface area contributed by atoms with Crippen LogP contribution in [-0.2, 0) is 44.7 Å². The molecular formula is C43H67NO9S. The molecule has 1 N–H and O–H groups in total. The zero-order valence-electron chi connectivity index (χ0n) is 33.4. The number of ether oxygens (including phenoxy) is 3. The molecule has 2 aromatic carbocycles. The first-order chi connectivity index (χ1) is 26.0. The van der Waals surface area contributed by atoms with E-state index in [2.05, 4.69) is 12.2 Å². The van der Waals surface area contributed by atoms with Crippen molar-refractivity contribution >= 4 is 28.1 Å². The van der Waals surface area contributed by atoms with Gasteiger partial charge in [0.2, 0.25) is 0 Å². The Morgan fingerprint density at radius 3 is 1.80 bits per heavy atom. The molecule has 10 nitrogen and oxygen atoms in total. The van der Waals surface area contributed by atoms with Gasteiger partial charge >= 0.3 is 18.0 Å². The fourth-order valence-electron chi connectivity index (χ4n) is 5.90. The summed E-state index contributed by atoms with van der Waals surface area (Å²) in [6.45, 7) is 7.25. The van der Waals surface area contributed by atoms with E-state index in [0.717, 1.165) is 30.4 Å². The molecule has 0 bridgehead atoms. The van der Waals surface area contributed by atoms with Crippen molar-refractivity contribution in [3.8, 4) is 0 Å². The second-order valence-corrected chi connectivity index (χ2v) is 16.3. The maximum atomic E-state index is 13.0. The zero-order chi connectivity index (χ0) is 39.4. The van der Waals surface area contributed by atoms with Crippen LogP contribution in [0.25, 0.3) is 0 Å². The number of carbonyl (C=O) groups is 3. The van der Waals surface area contributed by atoms with Gasteiger partial charge in [-0.3, -0.25) is 8.98 Å². The lowest BCUT2D eigenvalue weighted by Crippen LogP contribution is -2.45. The number of rotatable bonds is 30. The number of esters is 2. The Kier molecular flexibility index (Phi) is 24.3. The van der Waals surface area contributed by atoms with Gasteiger partial charge in [-0.25, -0.2) is 9.59 Å². The lowest BCUT2D eigenvalue weighted by molar-refractivity contribution is -0.150. The van der Waals surface area contributed by atoms with Crippen molar-refractivity contribution < 1.29 is 41.2 Å². The van der Waals surface area contributed by atoms with Gasteiger partial charge in [-0.1, -0.05) is 159 Å². The highest BCUT2D eigenvalue weighted by atomic mass is 32.2. The average Bonchev–Trinajstić information content (AvgIpc) is 3.15. The van der Waals surface area contributed by atoms with Crippen LogP contribution in [0.4, 0.5) is 4.79 Å². The maximum absolute atomic E-state index is 13.0. The Hall–Kier alpha value is -3.44. The highest BCUT2D eigenvalue weighted by Crippen LogP contribution is 2.18. The number of amides is 1. The van der Waals surface area contributed by atoms with Gasteiger partial charge in [0.15, 0.2) is 0 Å². The monoisotopic (exact) mass is 773 g/mol. The second-order valence-electron chi connectivity index (χ2n) is 14.7. The molecule has 1 amide bonds. The molecule has 0 saturated heterocycles. The highest BCUT2D eigenvalue weighted by Gasteiger charge is 2.27. The molecule has 0 aliphatic heterocycles. The van der Waals surface area contributed by atoms with Gasteiger partial charge in [0.1, 0.15) is 12.6 Å². The van der Waals surface area contributed by atoms with Crippen LogP contribution < -0.4 is 5.32 Å². The third-order valence-corrected chi connectivity index (χ3v) is 10.7. The molecule has 0 heterocycles. The van der Waals surface area contributed by atoms with Gasteiger partial charge in [0.25, 0.3) is 10.1 Å². The van der Waals surface area contributed by atoms with Crippen LogP contribution in [0.15, 0.2) is 59.5 Å². The summed E-state index contributed by atoms with van der Waals surface area (Å²) in [7, 11) is -4.06. The summed E-state index contributed by atoms with van der Waals surface area (Å²) in [6, 6.07) is 14.5. The molecule has 0 radical (unpaired) electrons. The number of aryl methyl sites for hydroxylation is 1. The lowest BCUT2D eigenvalue weighted by Gasteiger charge is -2.22. The summed E-state index contributed by atoms with van der Waals surface area (Å²) in [5.41, 5.74) is 1.72. The smallest absolute Gasteiger partial charge is 0.408 e. The van der Waals surface area contributed by atoms with Crippen molar-refractivity contribution in [1.29, 1.82) is 0 Å². The SMILES string of the molecule is CCCCCCCCCCCCCCCCCC(=O)OCC(CCOC(=O)[C@@H](NC(=O)OCc1ccccc1)C(C)C)COS(=O)(=O)c1ccc(C)cc1. The Balaban J connectivity index is 1.76. The molecule has 2 atom stereocenters. The van der Waals surface area contributed by atoms with E-state index in [1.165, 1.54) is 89.2 Å². The first kappa shape index (κ1) is 46.7. The number of carbonyl (C=O) groups excluding carboxylic acids is 3. The number of benzene rings is 2. The minimum atomic E-state index is -4.06. The van der Waals surface area contributed by atoms with Gasteiger partial charge < -0.3 is 19.5 Å². The van der Waals surface area contributed by atoms with Crippen molar-refractivity contribution in [2.24, 2.45) is 11.8 Å². The summed E-state index contributed by atoms with van der Waals surface area (Å²) < 4.78 is 47.4. The molecule has 0 saturated carbocycles. The van der Waals surface area contributed by atoms with Crippen molar-refractivity contribution in [2.75, 3.05) is 19.8 Å². The molecular weight excluding hydrogens is 707 g/mol. The van der Waals surface area contributed by atoms with E-state index in [1.807, 2.05) is 37.3 Å². The van der Waals surface area contributed by atoms with Crippen LogP contribution in [0, 0.1) is 18.8 Å². The summed E-state index contributed by atoms with van der Waals surface area (Å²) in [5.74, 6) is -1.87. The molecule has 0 aliphatic rings. The Labute approximate surface area is 325 Å². The van der Waals surface area contributed by atoms with E-state index in [0.29, 0.717) is 0 Å². The van der Waals surface area contributed by atoms with Crippen molar-refractivity contribution in [2.45, 2.75) is 154 Å². The molecule has 11 heteroatoms. The summed E-state index contributed by atoms with van der Waals surface area (Å²) in [6.07, 6.45) is 18.3. The molecule has 1 unspecified atom stereocenters. The van der Waals surface area contributed by atoms with Crippen molar-refractivity contribution in [1.82, 2.24) is 5.32 Å². The molecule has 0 aliphatic carbocycles. The third-order valence-electron chi connectivity index (χ3n) is 9.41. The van der Waals surface area contributed by atoms with Gasteiger partial charge in [-0.05, 0) is 43.4 Å². The van der Waals surface area contributed by atoms with E-state index in [9.17, 15) is 22.8 Å². The molecule has 2 rings (SSSR count). The summed E-state index contributed by atoms with van der Waals surface area (Å²) in [5, 5.41) is 2.58. The molecule has 2 aromatic rings. The van der Waals surface area contributed by atoms with E-state index >= 15 is 0 Å². The minimum Gasteiger partial charge on any atom is -0.465 e. The van der Waals surface area contributed by atoms with E-state index in [4.69, 9.17) is 18.4 Å². The van der Waals surface area contributed by atoms with Gasteiger partial charge in [-0.2, -0.15) is 8.42 Å². The van der Waals surface area contributed by atoms with Crippen LogP contribution in [0.1, 0.15) is 141 Å². The standard InChI is InChI=1S/C43H67NO9S/c1-5-6-7-8-9-10-11-12-13-14-15-16-17-18-22-25-40(45)51-33-38(34-53-54(48,49)39-28-26-36(4)27-29-39)30-31-50-42(46)41(35(2)3)44-43(47)52-32-37-23-20-19-21-24-37/h19-21,23-24,26-29,35,38,41H,5-18,22,25,30-34H2,1-4H3,(H,44,47)/t38?,41-/m0/s1. The normalized spacial score (nSPS) is 12.6. The molecule has 0 aromatic heterocycles. The number of hydrogen-bond donors (Lipinski definition) is 1. The first-order valence-electron chi connectivity index (χ1n) is 20.3. The van der Waals surface area contributed by atoms with Crippen LogP contribution in [0.5, 0.6) is 0 Å². The largest absolute Gasteiger partial charge is 0.465 e. The van der Waals surface area contributed by atoms with E-state index in [1.54, 1.807) is 26.0 Å². The summed E-state index contributed by atoms with van der Waals surface area (Å²) >= 11 is 0. The molecule has 304 valence electrons. The van der Waals surface area contributed by atoms with Crippen LogP contribution in [0.3, 0.4) is 0 Å². The Bertz CT molecular complexity index is 1410. The highest BCUT2D eigenvalue weighted by molar-refractivity contribution is 7.86. The number of alkyl carbamates (subject to hydrolysis) is 1. The Morgan fingerprint density at radius 2 is 1.24 bits per heavy atom. The van der Waals surface area contributed by atoms with Crippen LogP contribution in [-0.4, -0.2) is 52.3 Å². The topological polar surface area (TPSA) is 134 Å². The number of unbranched alkanes of at least 4 members (excludes halogenated alkanes) is 14. The van der Waals surface area contributed by atoms with Crippen LogP contribution >= 0.6 is 0 Å². The van der Waals surface area contributed by atoms with Crippen molar-refractivity contribution in [3.63, 3.8) is 0 Å². The molecule has 0 fully saturated rings. The summed E-state index contributed by atoms with van der Waals surface area (Å²) in [4.78, 5) is 38.1. The lowest BCUT2D eigenvalue weighted by atomic mass is 10.0. The molecule has 0 spiro atoms. The van der Waals surface area contributed by atoms with Gasteiger partial charge in [-0.15, -0.1) is 0 Å². The first-order valence-corrected chi connectivity index (χ1v) is 21.7. The van der Waals surface area contributed by atoms with Crippen molar-refractivity contribution in [3.05, 3.63) is 65.7 Å². The van der Waals surface area contributed by atoms with E-state index < -0.39 is 34.1 Å². The second kappa shape index (κ2) is 28.0. The predicted octanol–water partition coefficient (Wildman–Crippen LogP) is 10.0. The number of nitrogens with one attached hydrogen (secondary N) is 1. The quantitative estimate of drug-likeness (QED) is 0.0356. The Morgan fingerprint density at radius 1 is 0.685 bits per heavy atom. The predicted molar refractivity (Wildman–Crippen MR) is 212 cm³/mol. The van der Waals surface area contributed by atoms with Gasteiger partial charge in [0.05, 0.1) is 24.7 Å². The average molecular weight is 774 g/mol. The fourth-order valence-corrected chi connectivity index (χ4v) is 6.88. The number of hydrogen-bond acceptors (Lipinski definition) is 9. The maximum Gasteiger partial charge on any atom is 0.408 e. The van der Waals surface area contributed by atoms with Crippen LogP contribution in [0.2, 0.25) is 0 Å². The zero-order valence-corrected chi connectivity index (χ0v) is 34.2. The minimum absolute atomic E-state index is 0.0217. The van der Waals surface area contributed by atoms with Gasteiger partial charge in [0, 0.05) is 12.3 Å².